The summed E-state index contributed by atoms with van der Waals surface area (Å²) in [7, 11) is 0. The highest BCUT2D eigenvalue weighted by Crippen LogP contribution is 2.28. The van der Waals surface area contributed by atoms with Gasteiger partial charge in [0, 0.05) is 15.7 Å². The van der Waals surface area contributed by atoms with E-state index in [1.54, 1.807) is 18.2 Å². The number of hydrogen-bond acceptors (Lipinski definition) is 3. The van der Waals surface area contributed by atoms with E-state index in [-0.39, 0.29) is 5.57 Å². The second-order valence-electron chi connectivity index (χ2n) is 6.94. The van der Waals surface area contributed by atoms with E-state index >= 15 is 0 Å². The second kappa shape index (κ2) is 10.3. The molecule has 0 saturated heterocycles. The molecule has 0 unspecified atom stereocenters. The fourth-order valence-corrected chi connectivity index (χ4v) is 3.53. The molecule has 0 aliphatic carbocycles. The molecule has 0 atom stereocenters. The third-order valence-corrected chi connectivity index (χ3v) is 5.89. The summed E-state index contributed by atoms with van der Waals surface area (Å²) in [6.07, 6.45) is 1.50. The second-order valence-corrected chi connectivity index (χ2v) is 8.20. The lowest BCUT2D eigenvalue weighted by Crippen LogP contribution is -2.14. The van der Waals surface area contributed by atoms with Crippen molar-refractivity contribution in [3.63, 3.8) is 0 Å². The quantitative estimate of drug-likeness (QED) is 0.301. The van der Waals surface area contributed by atoms with Crippen molar-refractivity contribution < 1.29 is 9.53 Å². The molecule has 1 N–H and O–H groups in total. The van der Waals surface area contributed by atoms with Gasteiger partial charge in [0.2, 0.25) is 0 Å². The molecule has 31 heavy (non-hydrogen) atoms. The lowest BCUT2D eigenvalue weighted by molar-refractivity contribution is -0.112. The van der Waals surface area contributed by atoms with Crippen molar-refractivity contribution in [1.29, 1.82) is 5.26 Å². The average Bonchev–Trinajstić information content (AvgIpc) is 2.75. The van der Waals surface area contributed by atoms with Crippen molar-refractivity contribution in [2.75, 3.05) is 5.32 Å². The molecule has 0 bridgehead atoms. The normalized spacial score (nSPS) is 11.0. The van der Waals surface area contributed by atoms with E-state index in [4.69, 9.17) is 16.3 Å². The van der Waals surface area contributed by atoms with Crippen molar-refractivity contribution in [3.05, 3.63) is 98.0 Å². The van der Waals surface area contributed by atoms with Crippen molar-refractivity contribution >= 4 is 45.2 Å². The maximum absolute atomic E-state index is 12.6. The predicted octanol–water partition coefficient (Wildman–Crippen LogP) is 6.84. The molecule has 3 aromatic rings. The van der Waals surface area contributed by atoms with Crippen LogP contribution in [0.25, 0.3) is 6.08 Å². The molecule has 0 radical (unpaired) electrons. The number of anilines is 1. The zero-order chi connectivity index (χ0) is 22.4. The van der Waals surface area contributed by atoms with Gasteiger partial charge in [-0.2, -0.15) is 5.26 Å². The first-order valence-corrected chi connectivity index (χ1v) is 10.7. The molecule has 0 aliphatic heterocycles. The van der Waals surface area contributed by atoms with Crippen LogP contribution < -0.4 is 10.1 Å². The van der Waals surface area contributed by atoms with Gasteiger partial charge >= 0.3 is 0 Å². The average molecular weight is 496 g/mol. The molecule has 0 fully saturated rings. The number of halogens is 2. The lowest BCUT2D eigenvalue weighted by Gasteiger charge is -2.11. The van der Waals surface area contributed by atoms with Crippen LogP contribution in [0.5, 0.6) is 5.75 Å². The summed E-state index contributed by atoms with van der Waals surface area (Å²) in [5.41, 5.74) is 4.31. The van der Waals surface area contributed by atoms with Gasteiger partial charge in [-0.1, -0.05) is 63.9 Å². The van der Waals surface area contributed by atoms with Crippen LogP contribution in [0.3, 0.4) is 0 Å². The Balaban J connectivity index is 1.74. The van der Waals surface area contributed by atoms with Crippen LogP contribution in [0, 0.1) is 25.2 Å². The summed E-state index contributed by atoms with van der Waals surface area (Å²) >= 11 is 9.85. The number of carbonyl (C=O) groups is 1. The summed E-state index contributed by atoms with van der Waals surface area (Å²) in [6, 6.07) is 20.5. The Labute approximate surface area is 195 Å². The van der Waals surface area contributed by atoms with Gasteiger partial charge in [0.1, 0.15) is 24.0 Å². The van der Waals surface area contributed by atoms with E-state index < -0.39 is 5.91 Å². The van der Waals surface area contributed by atoms with E-state index in [1.807, 2.05) is 62.4 Å². The third-order valence-electron chi connectivity index (χ3n) is 4.83. The first kappa shape index (κ1) is 22.6. The molecule has 3 rings (SSSR count). The minimum atomic E-state index is -0.471. The van der Waals surface area contributed by atoms with Crippen molar-refractivity contribution in [2.24, 2.45) is 0 Å². The van der Waals surface area contributed by atoms with Gasteiger partial charge in [0.15, 0.2) is 0 Å². The third kappa shape index (κ3) is 5.75. The summed E-state index contributed by atoms with van der Waals surface area (Å²) in [4.78, 5) is 12.6. The Morgan fingerprint density at radius 1 is 1.16 bits per heavy atom. The molecule has 0 spiro atoms. The first-order valence-electron chi connectivity index (χ1n) is 9.54. The van der Waals surface area contributed by atoms with Crippen LogP contribution in [0.2, 0.25) is 5.02 Å². The number of hydrogen-bond donors (Lipinski definition) is 1. The fraction of sp³-hybridized carbons (Fsp3) is 0.120. The molecule has 0 aliphatic rings. The Morgan fingerprint density at radius 3 is 2.65 bits per heavy atom. The fourth-order valence-electron chi connectivity index (χ4n) is 2.89. The van der Waals surface area contributed by atoms with Crippen molar-refractivity contribution in [3.8, 4) is 11.8 Å². The van der Waals surface area contributed by atoms with Gasteiger partial charge < -0.3 is 10.1 Å². The van der Waals surface area contributed by atoms with E-state index in [0.29, 0.717) is 28.6 Å². The van der Waals surface area contributed by atoms with Crippen LogP contribution in [0.15, 0.2) is 70.7 Å². The van der Waals surface area contributed by atoms with Crippen LogP contribution in [-0.4, -0.2) is 5.91 Å². The number of carbonyl (C=O) groups excluding carboxylic acids is 1. The van der Waals surface area contributed by atoms with Crippen LogP contribution in [0.1, 0.15) is 22.3 Å². The van der Waals surface area contributed by atoms with E-state index in [0.717, 1.165) is 21.2 Å². The van der Waals surface area contributed by atoms with Gasteiger partial charge in [-0.25, -0.2) is 0 Å². The zero-order valence-corrected chi connectivity index (χ0v) is 19.4. The van der Waals surface area contributed by atoms with E-state index in [2.05, 4.69) is 21.2 Å². The highest BCUT2D eigenvalue weighted by molar-refractivity contribution is 9.10. The standard InChI is InChI=1S/C25H20BrClN2O2/c1-16-6-5-9-23(17(16)2)29-25(30)20(14-28)12-18-10-11-24(22(27)13-18)31-15-19-7-3-4-8-21(19)26/h3-13H,15H2,1-2H3,(H,29,30)/b20-12+. The minimum absolute atomic E-state index is 0.0149. The Hall–Kier alpha value is -3.07. The minimum Gasteiger partial charge on any atom is -0.487 e. The van der Waals surface area contributed by atoms with Gasteiger partial charge in [-0.05, 0) is 60.9 Å². The molecule has 3 aromatic carbocycles. The van der Waals surface area contributed by atoms with Crippen molar-refractivity contribution in [1.82, 2.24) is 0 Å². The van der Waals surface area contributed by atoms with Gasteiger partial charge in [-0.3, -0.25) is 4.79 Å². The maximum atomic E-state index is 12.6. The number of ether oxygens (including phenoxy) is 1. The highest BCUT2D eigenvalue weighted by atomic mass is 79.9. The SMILES string of the molecule is Cc1cccc(NC(=O)/C(C#N)=C/c2ccc(OCc3ccccc3Br)c(Cl)c2)c1C. The van der Waals surface area contributed by atoms with E-state index in [1.165, 1.54) is 6.08 Å². The van der Waals surface area contributed by atoms with Gasteiger partial charge in [0.25, 0.3) is 5.91 Å². The maximum Gasteiger partial charge on any atom is 0.266 e. The summed E-state index contributed by atoms with van der Waals surface area (Å²) in [5, 5.41) is 12.7. The molecule has 4 nitrogen and oxygen atoms in total. The van der Waals surface area contributed by atoms with Gasteiger partial charge in [-0.15, -0.1) is 0 Å². The number of amides is 1. The number of aryl methyl sites for hydroxylation is 1. The Bertz CT molecular complexity index is 1200. The molecule has 0 heterocycles. The smallest absolute Gasteiger partial charge is 0.266 e. The number of rotatable bonds is 6. The molecule has 156 valence electrons. The summed E-state index contributed by atoms with van der Waals surface area (Å²) in [5.74, 6) is 0.0505. The molecule has 1 amide bonds. The molecular formula is C25H20BrClN2O2. The molecule has 6 heteroatoms. The number of benzene rings is 3. The topological polar surface area (TPSA) is 62.1 Å². The summed E-state index contributed by atoms with van der Waals surface area (Å²) < 4.78 is 6.77. The number of nitriles is 1. The Morgan fingerprint density at radius 2 is 1.94 bits per heavy atom. The molecular weight excluding hydrogens is 476 g/mol. The largest absolute Gasteiger partial charge is 0.487 e. The van der Waals surface area contributed by atoms with Crippen LogP contribution in [0.4, 0.5) is 5.69 Å². The zero-order valence-electron chi connectivity index (χ0n) is 17.1. The first-order chi connectivity index (χ1) is 14.9. The predicted molar refractivity (Wildman–Crippen MR) is 128 cm³/mol. The Kier molecular flexibility index (Phi) is 7.51. The monoisotopic (exact) mass is 494 g/mol. The van der Waals surface area contributed by atoms with Crippen LogP contribution in [-0.2, 0) is 11.4 Å². The molecule has 0 saturated carbocycles. The number of nitrogens with zero attached hydrogens (tertiary/aromatic N) is 1. The number of nitrogens with one attached hydrogen (secondary N) is 1. The van der Waals surface area contributed by atoms with Crippen molar-refractivity contribution in [2.45, 2.75) is 20.5 Å². The van der Waals surface area contributed by atoms with E-state index in [9.17, 15) is 10.1 Å². The van der Waals surface area contributed by atoms with Gasteiger partial charge in [0.05, 0.1) is 5.02 Å². The van der Waals surface area contributed by atoms with Crippen LogP contribution >= 0.6 is 27.5 Å². The molecule has 0 aromatic heterocycles. The summed E-state index contributed by atoms with van der Waals surface area (Å²) in [6.45, 7) is 4.25. The lowest BCUT2D eigenvalue weighted by atomic mass is 10.1. The highest BCUT2D eigenvalue weighted by Gasteiger charge is 2.12.